The van der Waals surface area contributed by atoms with Crippen molar-refractivity contribution in [1.29, 1.82) is 0 Å². The van der Waals surface area contributed by atoms with E-state index in [1.165, 1.54) is 12.1 Å². The van der Waals surface area contributed by atoms with Crippen LogP contribution in [0.2, 0.25) is 5.02 Å². The van der Waals surface area contributed by atoms with Crippen LogP contribution in [0.3, 0.4) is 0 Å². The van der Waals surface area contributed by atoms with E-state index in [0.717, 1.165) is 0 Å². The summed E-state index contributed by atoms with van der Waals surface area (Å²) >= 11 is 11.1. The zero-order valence-electron chi connectivity index (χ0n) is 7.69. The first-order valence-electron chi connectivity index (χ1n) is 4.17. The Hall–Kier alpha value is -0.680. The summed E-state index contributed by atoms with van der Waals surface area (Å²) < 4.78 is 0. The predicted octanol–water partition coefficient (Wildman–Crippen LogP) is 1.26. The smallest absolute Gasteiger partial charge is 0.144 e. The second kappa shape index (κ2) is 4.90. The van der Waals surface area contributed by atoms with Gasteiger partial charge in [-0.15, -0.1) is 11.6 Å². The maximum absolute atomic E-state index is 9.61. The highest BCUT2D eigenvalue weighted by atomic mass is 35.5. The molecule has 2 atom stereocenters. The molecule has 0 spiro atoms. The first kappa shape index (κ1) is 12.4. The van der Waals surface area contributed by atoms with Crippen molar-refractivity contribution in [3.05, 3.63) is 22.7 Å². The van der Waals surface area contributed by atoms with Crippen LogP contribution in [-0.4, -0.2) is 27.3 Å². The number of nitrogen functional groups attached to an aromatic ring is 1. The third-order valence-corrected chi connectivity index (χ3v) is 2.51. The Labute approximate surface area is 96.9 Å². The summed E-state index contributed by atoms with van der Waals surface area (Å²) in [6.07, 6.45) is -2.50. The van der Waals surface area contributed by atoms with Gasteiger partial charge in [-0.3, -0.25) is 0 Å². The highest BCUT2D eigenvalue weighted by molar-refractivity contribution is 6.31. The summed E-state index contributed by atoms with van der Waals surface area (Å²) in [5, 5.41) is 28.7. The number of alkyl halides is 1. The van der Waals surface area contributed by atoms with Crippen LogP contribution in [0.25, 0.3) is 0 Å². The summed E-state index contributed by atoms with van der Waals surface area (Å²) in [6.45, 7) is 0. The molecule has 0 heterocycles. The number of anilines is 1. The molecule has 4 nitrogen and oxygen atoms in total. The lowest BCUT2D eigenvalue weighted by molar-refractivity contribution is 0.0313. The van der Waals surface area contributed by atoms with Crippen molar-refractivity contribution in [3.63, 3.8) is 0 Å². The summed E-state index contributed by atoms with van der Waals surface area (Å²) in [7, 11) is 0. The van der Waals surface area contributed by atoms with Crippen LogP contribution in [0, 0.1) is 0 Å². The van der Waals surface area contributed by atoms with Gasteiger partial charge in [0.25, 0.3) is 0 Å². The third kappa shape index (κ3) is 2.66. The Morgan fingerprint density at radius 1 is 1.33 bits per heavy atom. The molecule has 84 valence electrons. The van der Waals surface area contributed by atoms with E-state index in [0.29, 0.717) is 0 Å². The van der Waals surface area contributed by atoms with Gasteiger partial charge in [0.1, 0.15) is 11.9 Å². The molecular formula is C9H11Cl2NO3. The van der Waals surface area contributed by atoms with Crippen LogP contribution in [0.4, 0.5) is 5.69 Å². The second-order valence-electron chi connectivity index (χ2n) is 3.10. The average Bonchev–Trinajstić information content (AvgIpc) is 2.21. The lowest BCUT2D eigenvalue weighted by atomic mass is 10.0. The van der Waals surface area contributed by atoms with Crippen molar-refractivity contribution in [2.24, 2.45) is 0 Å². The van der Waals surface area contributed by atoms with E-state index in [9.17, 15) is 15.3 Å². The van der Waals surface area contributed by atoms with Gasteiger partial charge < -0.3 is 21.1 Å². The van der Waals surface area contributed by atoms with E-state index < -0.39 is 12.2 Å². The molecule has 1 rings (SSSR count). The van der Waals surface area contributed by atoms with E-state index in [-0.39, 0.29) is 27.9 Å². The zero-order valence-corrected chi connectivity index (χ0v) is 9.20. The molecule has 0 aliphatic heterocycles. The number of nitrogens with two attached hydrogens (primary N) is 1. The fourth-order valence-corrected chi connectivity index (χ4v) is 1.56. The quantitative estimate of drug-likeness (QED) is 0.370. The fraction of sp³-hybridized carbons (Fsp3) is 0.333. The number of aliphatic hydroxyl groups is 2. The Morgan fingerprint density at radius 3 is 2.47 bits per heavy atom. The van der Waals surface area contributed by atoms with Gasteiger partial charge in [0.2, 0.25) is 0 Å². The minimum atomic E-state index is -1.32. The van der Waals surface area contributed by atoms with E-state index in [1.54, 1.807) is 0 Å². The second-order valence-corrected chi connectivity index (χ2v) is 3.84. The minimum Gasteiger partial charge on any atom is -0.505 e. The molecule has 0 saturated carbocycles. The number of rotatable bonds is 3. The highest BCUT2D eigenvalue weighted by Gasteiger charge is 2.22. The minimum absolute atomic E-state index is 0.0401. The number of hydrogen-bond donors (Lipinski definition) is 4. The molecule has 0 aliphatic rings. The van der Waals surface area contributed by atoms with Gasteiger partial charge in [0.05, 0.1) is 17.7 Å². The number of aliphatic hydroxyl groups excluding tert-OH is 2. The number of hydrogen-bond acceptors (Lipinski definition) is 4. The van der Waals surface area contributed by atoms with Gasteiger partial charge in [0, 0.05) is 10.6 Å². The Bertz CT molecular complexity index is 359. The number of phenols is 1. The summed E-state index contributed by atoms with van der Waals surface area (Å²) in [5.41, 5.74) is 5.54. The van der Waals surface area contributed by atoms with Crippen LogP contribution < -0.4 is 5.73 Å². The van der Waals surface area contributed by atoms with Crippen molar-refractivity contribution < 1.29 is 15.3 Å². The van der Waals surface area contributed by atoms with Gasteiger partial charge >= 0.3 is 0 Å². The first-order valence-corrected chi connectivity index (χ1v) is 5.08. The maximum Gasteiger partial charge on any atom is 0.144 e. The predicted molar refractivity (Wildman–Crippen MR) is 59.2 cm³/mol. The Kier molecular flexibility index (Phi) is 4.04. The van der Waals surface area contributed by atoms with E-state index in [2.05, 4.69) is 0 Å². The van der Waals surface area contributed by atoms with Gasteiger partial charge in [-0.1, -0.05) is 11.6 Å². The Morgan fingerprint density at radius 2 is 1.93 bits per heavy atom. The average molecular weight is 252 g/mol. The number of phenolic OH excluding ortho intramolecular Hbond substituents is 1. The fourth-order valence-electron chi connectivity index (χ4n) is 1.16. The van der Waals surface area contributed by atoms with Crippen LogP contribution in [-0.2, 0) is 0 Å². The van der Waals surface area contributed by atoms with Crippen molar-refractivity contribution in [3.8, 4) is 5.75 Å². The molecule has 2 unspecified atom stereocenters. The topological polar surface area (TPSA) is 86.7 Å². The van der Waals surface area contributed by atoms with Crippen LogP contribution >= 0.6 is 23.2 Å². The van der Waals surface area contributed by atoms with E-state index in [4.69, 9.17) is 28.9 Å². The molecule has 0 aromatic heterocycles. The van der Waals surface area contributed by atoms with Crippen LogP contribution in [0.5, 0.6) is 5.75 Å². The van der Waals surface area contributed by atoms with Crippen molar-refractivity contribution in [2.75, 3.05) is 11.6 Å². The number of aromatic hydroxyl groups is 1. The molecule has 0 saturated heterocycles. The van der Waals surface area contributed by atoms with Crippen molar-refractivity contribution in [1.82, 2.24) is 0 Å². The lowest BCUT2D eigenvalue weighted by Crippen LogP contribution is -2.20. The zero-order chi connectivity index (χ0) is 11.6. The third-order valence-electron chi connectivity index (χ3n) is 1.97. The molecule has 0 amide bonds. The molecule has 1 aromatic rings. The Balaban J connectivity index is 3.13. The molecule has 1 aromatic carbocycles. The van der Waals surface area contributed by atoms with Crippen LogP contribution in [0.15, 0.2) is 12.1 Å². The van der Waals surface area contributed by atoms with Crippen LogP contribution in [0.1, 0.15) is 11.7 Å². The molecule has 0 fully saturated rings. The molecule has 0 bridgehead atoms. The molecule has 0 radical (unpaired) electrons. The lowest BCUT2D eigenvalue weighted by Gasteiger charge is -2.18. The molecule has 5 N–H and O–H groups in total. The van der Waals surface area contributed by atoms with Gasteiger partial charge in [0.15, 0.2) is 0 Å². The number of halogens is 2. The van der Waals surface area contributed by atoms with E-state index in [1.807, 2.05) is 0 Å². The van der Waals surface area contributed by atoms with Crippen molar-refractivity contribution >= 4 is 28.9 Å². The summed E-state index contributed by atoms with van der Waals surface area (Å²) in [6, 6.07) is 2.67. The molecule has 0 aliphatic carbocycles. The normalized spacial score (nSPS) is 14.9. The van der Waals surface area contributed by atoms with E-state index >= 15 is 0 Å². The highest BCUT2D eigenvalue weighted by Crippen LogP contribution is 2.34. The standard InChI is InChI=1S/C9H11Cl2NO3/c10-3-7(13)9(15)5-1-4(11)2-6(12)8(5)14/h1-2,7,9,13-15H,3,12H2. The molecular weight excluding hydrogens is 241 g/mol. The van der Waals surface area contributed by atoms with Crippen molar-refractivity contribution in [2.45, 2.75) is 12.2 Å². The SMILES string of the molecule is Nc1cc(Cl)cc(C(O)C(O)CCl)c1O. The van der Waals surface area contributed by atoms with Gasteiger partial charge in [-0.05, 0) is 12.1 Å². The molecule has 15 heavy (non-hydrogen) atoms. The first-order chi connectivity index (χ1) is 6.97. The molecule has 6 heteroatoms. The summed E-state index contributed by atoms with van der Waals surface area (Å²) in [5.74, 6) is -0.455. The largest absolute Gasteiger partial charge is 0.505 e. The van der Waals surface area contributed by atoms with Gasteiger partial charge in [-0.25, -0.2) is 0 Å². The summed E-state index contributed by atoms with van der Waals surface area (Å²) in [4.78, 5) is 0. The maximum atomic E-state index is 9.61. The number of benzene rings is 1. The van der Waals surface area contributed by atoms with Gasteiger partial charge in [-0.2, -0.15) is 0 Å². The monoisotopic (exact) mass is 251 g/mol.